The van der Waals surface area contributed by atoms with E-state index in [1.54, 1.807) is 7.11 Å². The predicted octanol–water partition coefficient (Wildman–Crippen LogP) is 3.13. The van der Waals surface area contributed by atoms with Gasteiger partial charge in [-0.1, -0.05) is 20.8 Å². The molecule has 1 aromatic heterocycles. The molecule has 0 aromatic carbocycles. The summed E-state index contributed by atoms with van der Waals surface area (Å²) in [5, 5.41) is 0. The maximum atomic E-state index is 6.02. The molecule has 0 radical (unpaired) electrons. The number of hydrogen-bond donors (Lipinski definition) is 1. The molecule has 0 saturated heterocycles. The van der Waals surface area contributed by atoms with E-state index in [0.717, 1.165) is 43.8 Å². The summed E-state index contributed by atoms with van der Waals surface area (Å²) in [6.07, 6.45) is 5.10. The van der Waals surface area contributed by atoms with Gasteiger partial charge < -0.3 is 15.4 Å². The molecule has 2 N–H and O–H groups in total. The minimum atomic E-state index is 0.0321. The molecule has 0 bridgehead atoms. The third kappa shape index (κ3) is 4.46. The third-order valence-electron chi connectivity index (χ3n) is 3.84. The zero-order valence-corrected chi connectivity index (χ0v) is 13.3. The SMILES string of the molecule is CCC(CC)N(CCOC)c1ccc([C@@H](N)CC)nc1. The van der Waals surface area contributed by atoms with Gasteiger partial charge in [0.15, 0.2) is 0 Å². The van der Waals surface area contributed by atoms with Crippen molar-refractivity contribution in [2.24, 2.45) is 5.73 Å². The number of nitrogens with zero attached hydrogens (tertiary/aromatic N) is 2. The van der Waals surface area contributed by atoms with E-state index < -0.39 is 0 Å². The molecule has 0 spiro atoms. The van der Waals surface area contributed by atoms with Crippen molar-refractivity contribution in [1.29, 1.82) is 0 Å². The van der Waals surface area contributed by atoms with Gasteiger partial charge in [-0.3, -0.25) is 4.98 Å². The van der Waals surface area contributed by atoms with Crippen LogP contribution in [0, 0.1) is 0 Å². The van der Waals surface area contributed by atoms with Gasteiger partial charge in [0.1, 0.15) is 0 Å². The fourth-order valence-corrected chi connectivity index (χ4v) is 2.44. The van der Waals surface area contributed by atoms with Gasteiger partial charge >= 0.3 is 0 Å². The zero-order chi connectivity index (χ0) is 15.0. The number of methoxy groups -OCH3 is 1. The lowest BCUT2D eigenvalue weighted by molar-refractivity contribution is 0.202. The molecule has 0 unspecified atom stereocenters. The summed E-state index contributed by atoms with van der Waals surface area (Å²) in [6.45, 7) is 8.15. The molecule has 0 aliphatic rings. The first kappa shape index (κ1) is 16.9. The van der Waals surface area contributed by atoms with Gasteiger partial charge in [-0.15, -0.1) is 0 Å². The monoisotopic (exact) mass is 279 g/mol. The molecule has 20 heavy (non-hydrogen) atoms. The molecule has 4 nitrogen and oxygen atoms in total. The Morgan fingerprint density at radius 1 is 1.20 bits per heavy atom. The van der Waals surface area contributed by atoms with E-state index in [-0.39, 0.29) is 6.04 Å². The van der Waals surface area contributed by atoms with Crippen molar-refractivity contribution in [2.45, 2.75) is 52.1 Å². The molecule has 4 heteroatoms. The lowest BCUT2D eigenvalue weighted by atomic mass is 10.1. The highest BCUT2D eigenvalue weighted by Crippen LogP contribution is 2.21. The lowest BCUT2D eigenvalue weighted by Gasteiger charge is -2.32. The Morgan fingerprint density at radius 2 is 1.90 bits per heavy atom. The Hall–Kier alpha value is -1.13. The van der Waals surface area contributed by atoms with E-state index in [2.05, 4.69) is 36.7 Å². The maximum absolute atomic E-state index is 6.02. The molecule has 1 atom stereocenters. The van der Waals surface area contributed by atoms with Crippen molar-refractivity contribution >= 4 is 5.69 Å². The van der Waals surface area contributed by atoms with Crippen molar-refractivity contribution in [2.75, 3.05) is 25.2 Å². The number of aromatic nitrogens is 1. The van der Waals surface area contributed by atoms with E-state index >= 15 is 0 Å². The number of hydrogen-bond acceptors (Lipinski definition) is 4. The van der Waals surface area contributed by atoms with Crippen LogP contribution in [0.5, 0.6) is 0 Å². The zero-order valence-electron chi connectivity index (χ0n) is 13.3. The molecule has 114 valence electrons. The smallest absolute Gasteiger partial charge is 0.0637 e. The van der Waals surface area contributed by atoms with Crippen LogP contribution in [0.4, 0.5) is 5.69 Å². The van der Waals surface area contributed by atoms with Crippen LogP contribution in [0.25, 0.3) is 0 Å². The molecular weight excluding hydrogens is 250 g/mol. The molecule has 0 saturated carbocycles. The normalized spacial score (nSPS) is 12.7. The number of anilines is 1. The van der Waals surface area contributed by atoms with Crippen LogP contribution in [0.2, 0.25) is 0 Å². The van der Waals surface area contributed by atoms with Crippen LogP contribution >= 0.6 is 0 Å². The summed E-state index contributed by atoms with van der Waals surface area (Å²) in [5.41, 5.74) is 8.14. The van der Waals surface area contributed by atoms with E-state index in [0.29, 0.717) is 6.04 Å². The fraction of sp³-hybridized carbons (Fsp3) is 0.688. The van der Waals surface area contributed by atoms with Crippen LogP contribution in [0.15, 0.2) is 18.3 Å². The van der Waals surface area contributed by atoms with Crippen LogP contribution in [-0.2, 0) is 4.74 Å². The van der Waals surface area contributed by atoms with Gasteiger partial charge in [-0.05, 0) is 31.4 Å². The molecule has 0 aliphatic heterocycles. The second kappa shape index (κ2) is 8.93. The van der Waals surface area contributed by atoms with Crippen LogP contribution in [0.1, 0.15) is 51.8 Å². The molecule has 1 rings (SSSR count). The highest BCUT2D eigenvalue weighted by atomic mass is 16.5. The van der Waals surface area contributed by atoms with Crippen molar-refractivity contribution in [3.63, 3.8) is 0 Å². The first-order chi connectivity index (χ1) is 9.67. The maximum Gasteiger partial charge on any atom is 0.0637 e. The first-order valence-electron chi connectivity index (χ1n) is 7.64. The van der Waals surface area contributed by atoms with E-state index in [9.17, 15) is 0 Å². The molecule has 0 aliphatic carbocycles. The van der Waals surface area contributed by atoms with Crippen LogP contribution in [-0.4, -0.2) is 31.3 Å². The quantitative estimate of drug-likeness (QED) is 0.754. The molecule has 1 aromatic rings. The van der Waals surface area contributed by atoms with Gasteiger partial charge in [0.05, 0.1) is 24.2 Å². The minimum Gasteiger partial charge on any atom is -0.383 e. The Labute approximate surface area is 123 Å². The van der Waals surface area contributed by atoms with Crippen molar-refractivity contribution in [3.05, 3.63) is 24.0 Å². The van der Waals surface area contributed by atoms with Crippen molar-refractivity contribution < 1.29 is 4.74 Å². The Morgan fingerprint density at radius 3 is 2.35 bits per heavy atom. The Bertz CT molecular complexity index is 362. The number of ether oxygens (including phenoxy) is 1. The molecule has 0 fully saturated rings. The number of pyridine rings is 1. The molecule has 1 heterocycles. The summed E-state index contributed by atoms with van der Waals surface area (Å²) in [6, 6.07) is 4.74. The lowest BCUT2D eigenvalue weighted by Crippen LogP contribution is -2.37. The van der Waals surface area contributed by atoms with E-state index in [1.165, 1.54) is 0 Å². The average molecular weight is 279 g/mol. The van der Waals surface area contributed by atoms with Gasteiger partial charge in [-0.25, -0.2) is 0 Å². The highest BCUT2D eigenvalue weighted by Gasteiger charge is 2.16. The Kier molecular flexibility index (Phi) is 7.55. The standard InChI is InChI=1S/C16H29N3O/c1-5-13(6-2)19(10-11-20-4)14-8-9-16(18-12-14)15(17)7-3/h8-9,12-13,15H,5-7,10-11,17H2,1-4H3/t15-/m0/s1. The van der Waals surface area contributed by atoms with Crippen LogP contribution < -0.4 is 10.6 Å². The topological polar surface area (TPSA) is 51.4 Å². The van der Waals surface area contributed by atoms with Crippen LogP contribution in [0.3, 0.4) is 0 Å². The minimum absolute atomic E-state index is 0.0321. The fourth-order valence-electron chi connectivity index (χ4n) is 2.44. The summed E-state index contributed by atoms with van der Waals surface area (Å²) in [7, 11) is 1.74. The first-order valence-corrected chi connectivity index (χ1v) is 7.64. The summed E-state index contributed by atoms with van der Waals surface area (Å²) < 4.78 is 5.23. The van der Waals surface area contributed by atoms with Gasteiger partial charge in [0, 0.05) is 25.7 Å². The second-order valence-electron chi connectivity index (χ2n) is 5.11. The molecular formula is C16H29N3O. The van der Waals surface area contributed by atoms with E-state index in [4.69, 9.17) is 10.5 Å². The van der Waals surface area contributed by atoms with Crippen molar-refractivity contribution in [3.8, 4) is 0 Å². The van der Waals surface area contributed by atoms with Gasteiger partial charge in [0.25, 0.3) is 0 Å². The Balaban J connectivity index is 2.89. The van der Waals surface area contributed by atoms with Gasteiger partial charge in [0.2, 0.25) is 0 Å². The third-order valence-corrected chi connectivity index (χ3v) is 3.84. The predicted molar refractivity (Wildman–Crippen MR) is 85.0 cm³/mol. The summed E-state index contributed by atoms with van der Waals surface area (Å²) in [4.78, 5) is 6.91. The second-order valence-corrected chi connectivity index (χ2v) is 5.11. The van der Waals surface area contributed by atoms with Crippen molar-refractivity contribution in [1.82, 2.24) is 4.98 Å². The van der Waals surface area contributed by atoms with Gasteiger partial charge in [-0.2, -0.15) is 0 Å². The number of nitrogens with two attached hydrogens (primary N) is 1. The highest BCUT2D eigenvalue weighted by molar-refractivity contribution is 5.46. The average Bonchev–Trinajstić information content (AvgIpc) is 2.51. The van der Waals surface area contributed by atoms with E-state index in [1.807, 2.05) is 12.3 Å². The number of rotatable bonds is 9. The largest absolute Gasteiger partial charge is 0.383 e. The summed E-state index contributed by atoms with van der Waals surface area (Å²) >= 11 is 0. The summed E-state index contributed by atoms with van der Waals surface area (Å²) in [5.74, 6) is 0. The molecule has 0 amide bonds.